The Balaban J connectivity index is 1.03. The van der Waals surface area contributed by atoms with E-state index >= 15 is 0 Å². The molecule has 13 rings (SSSR count). The van der Waals surface area contributed by atoms with E-state index < -0.39 is 0 Å². The molecule has 0 radical (unpaired) electrons. The Bertz CT molecular complexity index is 3970. The van der Waals surface area contributed by atoms with E-state index in [2.05, 4.69) is 250 Å². The fourth-order valence-electron chi connectivity index (χ4n) is 12.1. The molecule has 8 aromatic carbocycles. The minimum absolute atomic E-state index is 0.187. The molecule has 4 heteroatoms. The molecule has 0 fully saturated rings. The van der Waals surface area contributed by atoms with Gasteiger partial charge in [0.2, 0.25) is 0 Å². The maximum absolute atomic E-state index is 2.61. The van der Waals surface area contributed by atoms with E-state index in [4.69, 9.17) is 0 Å². The summed E-state index contributed by atoms with van der Waals surface area (Å²) < 4.78 is 5.13. The van der Waals surface area contributed by atoms with Crippen LogP contribution in [-0.4, -0.2) is 14.8 Å². The van der Waals surface area contributed by atoms with Gasteiger partial charge in [-0.25, -0.2) is 0 Å². The zero-order chi connectivity index (χ0) is 47.7. The van der Waals surface area contributed by atoms with Crippen molar-refractivity contribution in [1.82, 2.24) is 8.80 Å². The topological polar surface area (TPSA) is 15.3 Å². The first kappa shape index (κ1) is 42.5. The number of anilines is 5. The van der Waals surface area contributed by atoms with Crippen LogP contribution in [0, 0.1) is 5.92 Å². The summed E-state index contributed by atoms with van der Waals surface area (Å²) in [7, 11) is 0. The molecule has 12 aromatic rings. The maximum Gasteiger partial charge on any atom is 0.0621 e. The van der Waals surface area contributed by atoms with Crippen molar-refractivity contribution in [2.24, 2.45) is 5.92 Å². The number of hydrogen-bond donors (Lipinski definition) is 0. The van der Waals surface area contributed by atoms with Crippen LogP contribution in [0.2, 0.25) is 0 Å². The van der Waals surface area contributed by atoms with E-state index in [9.17, 15) is 0 Å². The van der Waals surface area contributed by atoms with Crippen LogP contribution in [0.1, 0.15) is 96.3 Å². The molecule has 4 heterocycles. The summed E-state index contributed by atoms with van der Waals surface area (Å²) in [5.41, 5.74) is 19.0. The molecule has 1 aliphatic rings. The van der Waals surface area contributed by atoms with E-state index in [1.54, 1.807) is 0 Å². The van der Waals surface area contributed by atoms with Crippen molar-refractivity contribution in [2.45, 2.75) is 85.6 Å². The van der Waals surface area contributed by atoms with Crippen molar-refractivity contribution in [3.05, 3.63) is 198 Å². The Morgan fingerprint density at radius 2 is 0.843 bits per heavy atom. The highest BCUT2D eigenvalue weighted by atomic mass is 15.2. The Morgan fingerprint density at radius 3 is 1.29 bits per heavy atom. The van der Waals surface area contributed by atoms with Gasteiger partial charge in [0.15, 0.2) is 0 Å². The monoisotopic (exact) mass is 908 g/mol. The smallest absolute Gasteiger partial charge is 0.0621 e. The number of hydrogen-bond acceptors (Lipinski definition) is 2. The van der Waals surface area contributed by atoms with Crippen molar-refractivity contribution in [3.8, 4) is 0 Å². The lowest BCUT2D eigenvalue weighted by Gasteiger charge is -2.34. The summed E-state index contributed by atoms with van der Waals surface area (Å²) in [6.45, 7) is 18.2. The van der Waals surface area contributed by atoms with Gasteiger partial charge in [-0.3, -0.25) is 0 Å². The lowest BCUT2D eigenvalue weighted by Crippen LogP contribution is -2.30. The quantitative estimate of drug-likeness (QED) is 0.136. The largest absolute Gasteiger partial charge is 0.334 e. The van der Waals surface area contributed by atoms with Gasteiger partial charge in [-0.05, 0) is 125 Å². The first-order chi connectivity index (χ1) is 34.0. The molecule has 0 saturated heterocycles. The number of rotatable bonds is 10. The highest BCUT2D eigenvalue weighted by molar-refractivity contribution is 6.31. The number of nitrogens with zero attached hydrogens (tertiary/aromatic N) is 4. The number of para-hydroxylation sites is 2. The molecule has 0 spiro atoms. The van der Waals surface area contributed by atoms with Crippen LogP contribution in [-0.2, 0) is 0 Å². The highest BCUT2D eigenvalue weighted by Crippen LogP contribution is 2.50. The SMILES string of the molecule is CC(C)C1=CCC(N(c2ccc(C(C)C)cc2)c2cccc3c2c2cccc4c5cc6c(cc5n3c42)c2cccc3c4c(N(c5ccc(C(C)C)cc5)c5ccc(C(C)C)cc5)cccc4n6c23)C=C1. The fourth-order valence-corrected chi connectivity index (χ4v) is 12.1. The molecule has 0 bridgehead atoms. The highest BCUT2D eigenvalue weighted by Gasteiger charge is 2.29. The second kappa shape index (κ2) is 16.0. The average Bonchev–Trinajstić information content (AvgIpc) is 4.11. The fraction of sp³-hybridized carbons (Fsp3) is 0.212. The molecule has 0 saturated carbocycles. The standard InChI is InChI=1S/C66H60N4/c1-39(2)43-21-29-47(30-22-43)67(48-31-23-44(24-32-48)40(3)4)57-17-11-19-59-63(57)53-15-9-13-51-55-38-62-56(37-61(55)69(59)65(51)53)52-14-10-16-54-64-58(18-12-20-60(64)70(62)66(52)54)68(49-33-25-45(26-34-49)41(5)6)50-35-27-46(28-36-50)42(7)8/h9-35,37-42,50H,36H2,1-8H3. The first-order valence-corrected chi connectivity index (χ1v) is 25.6. The molecular weight excluding hydrogens is 849 g/mol. The Morgan fingerprint density at radius 1 is 0.414 bits per heavy atom. The van der Waals surface area contributed by atoms with Crippen molar-refractivity contribution in [2.75, 3.05) is 9.80 Å². The van der Waals surface area contributed by atoms with Crippen molar-refractivity contribution < 1.29 is 0 Å². The third-order valence-electron chi connectivity index (χ3n) is 15.8. The lowest BCUT2D eigenvalue weighted by atomic mass is 9.93. The average molecular weight is 909 g/mol. The minimum Gasteiger partial charge on any atom is -0.334 e. The molecule has 0 aliphatic heterocycles. The Kier molecular flexibility index (Phi) is 9.72. The predicted molar refractivity (Wildman–Crippen MR) is 302 cm³/mol. The van der Waals surface area contributed by atoms with E-state index in [0.29, 0.717) is 23.7 Å². The van der Waals surface area contributed by atoms with Crippen molar-refractivity contribution in [3.63, 3.8) is 0 Å². The van der Waals surface area contributed by atoms with E-state index in [0.717, 1.165) is 17.8 Å². The van der Waals surface area contributed by atoms with Crippen LogP contribution in [0.4, 0.5) is 28.4 Å². The minimum atomic E-state index is 0.187. The van der Waals surface area contributed by atoms with Crippen LogP contribution >= 0.6 is 0 Å². The molecule has 4 aromatic heterocycles. The summed E-state index contributed by atoms with van der Waals surface area (Å²) in [5.74, 6) is 1.90. The maximum atomic E-state index is 2.61. The number of aromatic nitrogens is 2. The third-order valence-corrected chi connectivity index (χ3v) is 15.8. The number of fused-ring (bicyclic) bond motifs is 12. The van der Waals surface area contributed by atoms with Gasteiger partial charge >= 0.3 is 0 Å². The van der Waals surface area contributed by atoms with E-state index in [-0.39, 0.29) is 6.04 Å². The van der Waals surface area contributed by atoms with Gasteiger partial charge in [0.1, 0.15) is 0 Å². The molecule has 344 valence electrons. The van der Waals surface area contributed by atoms with Gasteiger partial charge in [0.05, 0.1) is 50.5 Å². The molecule has 70 heavy (non-hydrogen) atoms. The Labute approximate surface area is 411 Å². The second-order valence-electron chi connectivity index (χ2n) is 21.3. The summed E-state index contributed by atoms with van der Waals surface area (Å²) in [6.07, 6.45) is 8.22. The predicted octanol–water partition coefficient (Wildman–Crippen LogP) is 18.9. The second-order valence-corrected chi connectivity index (χ2v) is 21.3. The molecule has 1 unspecified atom stereocenters. The third kappa shape index (κ3) is 6.28. The molecule has 4 nitrogen and oxygen atoms in total. The summed E-state index contributed by atoms with van der Waals surface area (Å²) in [5, 5.41) is 10.3. The normalized spacial score (nSPS) is 14.6. The van der Waals surface area contributed by atoms with Gasteiger partial charge in [-0.15, -0.1) is 0 Å². The van der Waals surface area contributed by atoms with Gasteiger partial charge in [-0.2, -0.15) is 0 Å². The van der Waals surface area contributed by atoms with Gasteiger partial charge in [0, 0.05) is 60.2 Å². The first-order valence-electron chi connectivity index (χ1n) is 25.6. The van der Waals surface area contributed by atoms with Crippen LogP contribution in [0.25, 0.3) is 76.2 Å². The molecule has 1 atom stereocenters. The zero-order valence-electron chi connectivity index (χ0n) is 41.6. The number of benzene rings is 8. The molecular formula is C66H60N4. The van der Waals surface area contributed by atoms with Crippen LogP contribution < -0.4 is 9.80 Å². The summed E-state index contributed by atoms with van der Waals surface area (Å²) in [4.78, 5) is 5.08. The van der Waals surface area contributed by atoms with Gasteiger partial charge in [-0.1, -0.05) is 159 Å². The zero-order valence-corrected chi connectivity index (χ0v) is 41.6. The van der Waals surface area contributed by atoms with Crippen LogP contribution in [0.3, 0.4) is 0 Å². The molecule has 0 amide bonds. The molecule has 1 aliphatic carbocycles. The summed E-state index contributed by atoms with van der Waals surface area (Å²) >= 11 is 0. The van der Waals surface area contributed by atoms with Gasteiger partial charge in [0.25, 0.3) is 0 Å². The van der Waals surface area contributed by atoms with Crippen LogP contribution in [0.5, 0.6) is 0 Å². The van der Waals surface area contributed by atoms with E-state index in [1.165, 1.54) is 116 Å². The van der Waals surface area contributed by atoms with Crippen molar-refractivity contribution in [1.29, 1.82) is 0 Å². The number of allylic oxidation sites excluding steroid dienone is 2. The van der Waals surface area contributed by atoms with Crippen molar-refractivity contribution >= 4 is 105 Å². The molecule has 0 N–H and O–H groups in total. The summed E-state index contributed by atoms with van der Waals surface area (Å²) in [6, 6.07) is 60.7. The Hall–Kier alpha value is -7.56. The van der Waals surface area contributed by atoms with E-state index in [1.807, 2.05) is 0 Å². The van der Waals surface area contributed by atoms with Gasteiger partial charge < -0.3 is 18.6 Å². The lowest BCUT2D eigenvalue weighted by molar-refractivity contribution is 0.732. The van der Waals surface area contributed by atoms with Crippen LogP contribution in [0.15, 0.2) is 182 Å².